The fraction of sp³-hybridized carbons (Fsp3) is 0.400. The number of hydrogen-bond acceptors (Lipinski definition) is 4. The second-order valence-electron chi connectivity index (χ2n) is 6.82. The zero-order valence-electron chi connectivity index (χ0n) is 14.0. The fourth-order valence-electron chi connectivity index (χ4n) is 3.93. The Kier molecular flexibility index (Phi) is 4.34. The first kappa shape index (κ1) is 16.3. The summed E-state index contributed by atoms with van der Waals surface area (Å²) < 4.78 is 5.69. The van der Waals surface area contributed by atoms with Crippen molar-refractivity contribution in [2.24, 2.45) is 0 Å². The molecule has 130 valence electrons. The molecule has 2 heterocycles. The van der Waals surface area contributed by atoms with Gasteiger partial charge >= 0.3 is 0 Å². The van der Waals surface area contributed by atoms with Crippen molar-refractivity contribution < 1.29 is 14.3 Å². The van der Waals surface area contributed by atoms with Crippen LogP contribution in [0.15, 0.2) is 41.8 Å². The van der Waals surface area contributed by atoms with E-state index in [-0.39, 0.29) is 18.3 Å². The Morgan fingerprint density at radius 2 is 1.92 bits per heavy atom. The molecule has 1 N–H and O–H groups in total. The molecule has 1 aliphatic heterocycles. The van der Waals surface area contributed by atoms with Crippen LogP contribution in [0.3, 0.4) is 0 Å². The molecule has 25 heavy (non-hydrogen) atoms. The molecule has 1 atom stereocenters. The van der Waals surface area contributed by atoms with Gasteiger partial charge in [-0.05, 0) is 36.4 Å². The minimum atomic E-state index is -0.610. The molecule has 4 rings (SSSR count). The number of Topliss-reactive ketones (excluding diaryl/α,β-unsaturated/α-hetero) is 1. The third-order valence-corrected chi connectivity index (χ3v) is 6.39. The lowest BCUT2D eigenvalue weighted by Crippen LogP contribution is -2.54. The van der Waals surface area contributed by atoms with Crippen molar-refractivity contribution in [2.45, 2.75) is 43.6 Å². The molecule has 0 spiro atoms. The number of carbonyl (C=O) groups excluding carboxylic acids is 2. The number of hydrogen-bond donors (Lipinski definition) is 1. The standard InChI is InChI=1S/C20H21NO3S/c22-18-14-7-2-3-8-16(14)24-13-15(18)21-19(23)20(10-4-1-5-11-20)17-9-6-12-25-17/h2-3,6-9,12,15H,1,4-5,10-11,13H2,(H,21,23). The highest BCUT2D eigenvalue weighted by molar-refractivity contribution is 7.10. The highest BCUT2D eigenvalue weighted by Crippen LogP contribution is 2.42. The van der Waals surface area contributed by atoms with Gasteiger partial charge in [0.15, 0.2) is 5.78 Å². The maximum Gasteiger partial charge on any atom is 0.232 e. The van der Waals surface area contributed by atoms with E-state index < -0.39 is 11.5 Å². The van der Waals surface area contributed by atoms with Gasteiger partial charge in [-0.1, -0.05) is 37.5 Å². The van der Waals surface area contributed by atoms with Crippen molar-refractivity contribution >= 4 is 23.0 Å². The molecule has 1 fully saturated rings. The van der Waals surface area contributed by atoms with Gasteiger partial charge in [0.25, 0.3) is 0 Å². The largest absolute Gasteiger partial charge is 0.490 e. The third-order valence-electron chi connectivity index (χ3n) is 5.31. The second-order valence-corrected chi connectivity index (χ2v) is 7.77. The summed E-state index contributed by atoms with van der Waals surface area (Å²) in [5.74, 6) is 0.506. The smallest absolute Gasteiger partial charge is 0.232 e. The van der Waals surface area contributed by atoms with E-state index in [0.29, 0.717) is 11.3 Å². The van der Waals surface area contributed by atoms with Gasteiger partial charge in [-0.2, -0.15) is 0 Å². The number of rotatable bonds is 3. The summed E-state index contributed by atoms with van der Waals surface area (Å²) in [6, 6.07) is 10.6. The number of benzene rings is 1. The first-order valence-corrected chi connectivity index (χ1v) is 9.70. The predicted octanol–water partition coefficient (Wildman–Crippen LogP) is 3.71. The number of fused-ring (bicyclic) bond motifs is 1. The molecule has 1 amide bonds. The normalized spacial score (nSPS) is 21.9. The van der Waals surface area contributed by atoms with Crippen LogP contribution in [0.4, 0.5) is 0 Å². The van der Waals surface area contributed by atoms with Crippen LogP contribution in [0.2, 0.25) is 0 Å². The van der Waals surface area contributed by atoms with E-state index >= 15 is 0 Å². The predicted molar refractivity (Wildman–Crippen MR) is 97.3 cm³/mol. The van der Waals surface area contributed by atoms with Gasteiger partial charge in [0.2, 0.25) is 5.91 Å². The van der Waals surface area contributed by atoms with E-state index in [4.69, 9.17) is 4.74 Å². The summed E-state index contributed by atoms with van der Waals surface area (Å²) in [5, 5.41) is 5.02. The van der Waals surface area contributed by atoms with Gasteiger partial charge in [0.1, 0.15) is 18.4 Å². The quantitative estimate of drug-likeness (QED) is 0.913. The topological polar surface area (TPSA) is 55.4 Å². The van der Waals surface area contributed by atoms with Crippen molar-refractivity contribution in [1.29, 1.82) is 0 Å². The number of amides is 1. The summed E-state index contributed by atoms with van der Waals surface area (Å²) in [4.78, 5) is 27.1. The Balaban J connectivity index is 1.58. The van der Waals surface area contributed by atoms with Gasteiger partial charge in [-0.3, -0.25) is 9.59 Å². The minimum Gasteiger partial charge on any atom is -0.490 e. The maximum atomic E-state index is 13.2. The zero-order chi connectivity index (χ0) is 17.3. The Labute approximate surface area is 151 Å². The van der Waals surface area contributed by atoms with Gasteiger partial charge in [-0.25, -0.2) is 0 Å². The van der Waals surface area contributed by atoms with E-state index in [1.807, 2.05) is 29.6 Å². The molecule has 1 unspecified atom stereocenters. The zero-order valence-corrected chi connectivity index (χ0v) is 14.8. The van der Waals surface area contributed by atoms with Crippen molar-refractivity contribution in [3.05, 3.63) is 52.2 Å². The summed E-state index contributed by atoms with van der Waals surface area (Å²) in [6.45, 7) is 0.197. The third kappa shape index (κ3) is 2.86. The van der Waals surface area contributed by atoms with E-state index in [0.717, 1.165) is 30.6 Å². The van der Waals surface area contributed by atoms with Crippen LogP contribution in [0.1, 0.15) is 47.3 Å². The molecule has 2 aliphatic rings. The number of ketones is 1. The van der Waals surface area contributed by atoms with Crippen LogP contribution < -0.4 is 10.1 Å². The summed E-state index contributed by atoms with van der Waals surface area (Å²) >= 11 is 1.63. The minimum absolute atomic E-state index is 0.0315. The number of nitrogens with one attached hydrogen (secondary N) is 1. The first-order chi connectivity index (χ1) is 12.2. The molecular formula is C20H21NO3S. The van der Waals surface area contributed by atoms with Crippen LogP contribution in [-0.2, 0) is 10.2 Å². The van der Waals surface area contributed by atoms with E-state index in [1.54, 1.807) is 23.5 Å². The molecule has 5 heteroatoms. The first-order valence-electron chi connectivity index (χ1n) is 8.82. The number of ether oxygens (including phenoxy) is 1. The van der Waals surface area contributed by atoms with Crippen LogP contribution in [-0.4, -0.2) is 24.3 Å². The van der Waals surface area contributed by atoms with Crippen molar-refractivity contribution in [2.75, 3.05) is 6.61 Å². The van der Waals surface area contributed by atoms with Crippen molar-refractivity contribution in [1.82, 2.24) is 5.32 Å². The molecular weight excluding hydrogens is 334 g/mol. The maximum absolute atomic E-state index is 13.2. The van der Waals surface area contributed by atoms with Crippen LogP contribution in [0.5, 0.6) is 5.75 Å². The molecule has 1 aliphatic carbocycles. The molecule has 4 nitrogen and oxygen atoms in total. The van der Waals surface area contributed by atoms with Crippen LogP contribution in [0, 0.1) is 0 Å². The summed E-state index contributed by atoms with van der Waals surface area (Å²) in [6.07, 6.45) is 4.95. The second kappa shape index (κ2) is 6.64. The Hall–Kier alpha value is -2.14. The van der Waals surface area contributed by atoms with Gasteiger partial charge in [0, 0.05) is 4.88 Å². The number of carbonyl (C=O) groups is 2. The molecule has 1 saturated carbocycles. The van der Waals surface area contributed by atoms with E-state index in [9.17, 15) is 9.59 Å². The Morgan fingerprint density at radius 1 is 1.12 bits per heavy atom. The molecule has 0 bridgehead atoms. The monoisotopic (exact) mass is 355 g/mol. The summed E-state index contributed by atoms with van der Waals surface area (Å²) in [5.41, 5.74) is 0.0526. The van der Waals surface area contributed by atoms with Crippen LogP contribution >= 0.6 is 11.3 Å². The summed E-state index contributed by atoms with van der Waals surface area (Å²) in [7, 11) is 0. The lowest BCUT2D eigenvalue weighted by molar-refractivity contribution is -0.128. The molecule has 0 saturated heterocycles. The average Bonchev–Trinajstić information content (AvgIpc) is 3.20. The number of para-hydroxylation sites is 1. The van der Waals surface area contributed by atoms with E-state index in [2.05, 4.69) is 5.32 Å². The Bertz CT molecular complexity index is 778. The van der Waals surface area contributed by atoms with Gasteiger partial charge in [-0.15, -0.1) is 11.3 Å². The number of thiophene rings is 1. The van der Waals surface area contributed by atoms with Crippen molar-refractivity contribution in [3.63, 3.8) is 0 Å². The average molecular weight is 355 g/mol. The lowest BCUT2D eigenvalue weighted by Gasteiger charge is -2.36. The fourth-order valence-corrected chi connectivity index (χ4v) is 4.91. The SMILES string of the molecule is O=C1c2ccccc2OCC1NC(=O)C1(c2cccs2)CCCCC1. The van der Waals surface area contributed by atoms with Crippen molar-refractivity contribution in [3.8, 4) is 5.75 Å². The molecule has 1 aromatic heterocycles. The highest BCUT2D eigenvalue weighted by atomic mass is 32.1. The lowest BCUT2D eigenvalue weighted by atomic mass is 9.72. The highest BCUT2D eigenvalue weighted by Gasteiger charge is 2.44. The van der Waals surface area contributed by atoms with E-state index in [1.165, 1.54) is 6.42 Å². The Morgan fingerprint density at radius 3 is 2.68 bits per heavy atom. The van der Waals surface area contributed by atoms with Crippen LogP contribution in [0.25, 0.3) is 0 Å². The molecule has 2 aromatic rings. The molecule has 0 radical (unpaired) electrons. The van der Waals surface area contributed by atoms with Gasteiger partial charge < -0.3 is 10.1 Å². The molecule has 1 aromatic carbocycles. The van der Waals surface area contributed by atoms with Gasteiger partial charge in [0.05, 0.1) is 11.0 Å².